The van der Waals surface area contributed by atoms with Gasteiger partial charge in [0.25, 0.3) is 0 Å². The lowest BCUT2D eigenvalue weighted by atomic mass is 10.0. The van der Waals surface area contributed by atoms with Crippen LogP contribution in [0.4, 0.5) is 0 Å². The van der Waals surface area contributed by atoms with Gasteiger partial charge in [-0.05, 0) is 61.4 Å². The highest BCUT2D eigenvalue weighted by atomic mass is 16.5. The number of hydrogen-bond donors (Lipinski definition) is 1. The van der Waals surface area contributed by atoms with Crippen molar-refractivity contribution in [3.63, 3.8) is 0 Å². The van der Waals surface area contributed by atoms with Crippen LogP contribution >= 0.6 is 0 Å². The van der Waals surface area contributed by atoms with Crippen molar-refractivity contribution in [3.05, 3.63) is 90.3 Å². The Bertz CT molecular complexity index is 1230. The van der Waals surface area contributed by atoms with Crippen molar-refractivity contribution in [2.45, 2.75) is 20.3 Å². The molecule has 1 unspecified atom stereocenters. The molecule has 0 fully saturated rings. The molecule has 4 aromatic rings. The number of carbonyl (C=O) groups is 1. The summed E-state index contributed by atoms with van der Waals surface area (Å²) in [5, 5.41) is 8.93. The van der Waals surface area contributed by atoms with E-state index in [4.69, 9.17) is 24.0 Å². The number of oxazole rings is 1. The van der Waals surface area contributed by atoms with Crippen molar-refractivity contribution < 1.29 is 23.8 Å². The van der Waals surface area contributed by atoms with E-state index in [1.54, 1.807) is 31.2 Å². The molecule has 1 heterocycles. The Labute approximate surface area is 198 Å². The van der Waals surface area contributed by atoms with Crippen LogP contribution in [0.2, 0.25) is 0 Å². The fraction of sp³-hybridized carbons (Fsp3) is 0.214. The molecule has 0 aliphatic rings. The number of nitrogens with zero attached hydrogens (tertiary/aromatic N) is 1. The van der Waals surface area contributed by atoms with Crippen LogP contribution in [0, 0.1) is 12.8 Å². The van der Waals surface area contributed by atoms with Gasteiger partial charge in [-0.15, -0.1) is 0 Å². The molecule has 0 amide bonds. The maximum Gasteiger partial charge on any atom is 0.309 e. The molecule has 174 valence electrons. The standard InChI is InChI=1S/C28H27NO5/c1-19(28(30)31)18-33-25-13-11-24(12-14-25)32-16-15-26-20(2)34-27(29-26)23-10-6-9-22(17-23)21-7-4-3-5-8-21/h3-14,17,19H,15-16,18H2,1-2H3,(H,30,31). The Kier molecular flexibility index (Phi) is 7.28. The summed E-state index contributed by atoms with van der Waals surface area (Å²) in [6.45, 7) is 4.10. The van der Waals surface area contributed by atoms with Crippen LogP contribution in [-0.2, 0) is 11.2 Å². The summed E-state index contributed by atoms with van der Waals surface area (Å²) in [7, 11) is 0. The Hall–Kier alpha value is -4.06. The van der Waals surface area contributed by atoms with Gasteiger partial charge in [0, 0.05) is 12.0 Å². The lowest BCUT2D eigenvalue weighted by Crippen LogP contribution is -2.17. The molecule has 6 nitrogen and oxygen atoms in total. The summed E-state index contributed by atoms with van der Waals surface area (Å²) >= 11 is 0. The molecule has 0 radical (unpaired) electrons. The summed E-state index contributed by atoms with van der Waals surface area (Å²) in [5.41, 5.74) is 4.06. The first-order chi connectivity index (χ1) is 16.5. The quantitative estimate of drug-likeness (QED) is 0.313. The molecule has 34 heavy (non-hydrogen) atoms. The summed E-state index contributed by atoms with van der Waals surface area (Å²) in [6.07, 6.45) is 0.613. The minimum absolute atomic E-state index is 0.123. The maximum absolute atomic E-state index is 10.9. The number of carboxylic acid groups (broad SMARTS) is 1. The van der Waals surface area contributed by atoms with Gasteiger partial charge in [-0.3, -0.25) is 4.79 Å². The molecule has 0 bridgehead atoms. The zero-order valence-electron chi connectivity index (χ0n) is 19.2. The molecule has 1 atom stereocenters. The lowest BCUT2D eigenvalue weighted by Gasteiger charge is -2.10. The van der Waals surface area contributed by atoms with Crippen molar-refractivity contribution in [1.29, 1.82) is 0 Å². The summed E-state index contributed by atoms with van der Waals surface area (Å²) in [5.74, 6) is 1.25. The maximum atomic E-state index is 10.9. The van der Waals surface area contributed by atoms with E-state index in [1.165, 1.54) is 0 Å². The van der Waals surface area contributed by atoms with Gasteiger partial charge in [0.15, 0.2) is 0 Å². The predicted molar refractivity (Wildman–Crippen MR) is 130 cm³/mol. The average molecular weight is 458 g/mol. The normalized spacial score (nSPS) is 11.7. The number of hydrogen-bond acceptors (Lipinski definition) is 5. The zero-order chi connectivity index (χ0) is 23.9. The van der Waals surface area contributed by atoms with Crippen LogP contribution in [0.3, 0.4) is 0 Å². The van der Waals surface area contributed by atoms with E-state index < -0.39 is 11.9 Å². The van der Waals surface area contributed by atoms with Gasteiger partial charge in [-0.2, -0.15) is 0 Å². The molecule has 0 saturated heterocycles. The third-order valence-electron chi connectivity index (χ3n) is 5.46. The van der Waals surface area contributed by atoms with Gasteiger partial charge >= 0.3 is 5.97 Å². The smallest absolute Gasteiger partial charge is 0.309 e. The number of benzene rings is 3. The van der Waals surface area contributed by atoms with Crippen LogP contribution < -0.4 is 9.47 Å². The van der Waals surface area contributed by atoms with Crippen LogP contribution in [0.1, 0.15) is 18.4 Å². The van der Waals surface area contributed by atoms with Gasteiger partial charge in [-0.1, -0.05) is 42.5 Å². The molecule has 6 heteroatoms. The van der Waals surface area contributed by atoms with Crippen LogP contribution in [-0.4, -0.2) is 29.3 Å². The van der Waals surface area contributed by atoms with Crippen molar-refractivity contribution in [1.82, 2.24) is 4.98 Å². The van der Waals surface area contributed by atoms with E-state index in [-0.39, 0.29) is 6.61 Å². The van der Waals surface area contributed by atoms with Crippen molar-refractivity contribution >= 4 is 5.97 Å². The van der Waals surface area contributed by atoms with Crippen molar-refractivity contribution in [2.75, 3.05) is 13.2 Å². The Morgan fingerprint density at radius 2 is 1.56 bits per heavy atom. The van der Waals surface area contributed by atoms with Crippen molar-refractivity contribution in [3.8, 4) is 34.1 Å². The number of rotatable bonds is 10. The summed E-state index contributed by atoms with van der Waals surface area (Å²) in [4.78, 5) is 15.6. The molecule has 1 aromatic heterocycles. The predicted octanol–water partition coefficient (Wildman–Crippen LogP) is 6.04. The second kappa shape index (κ2) is 10.7. The second-order valence-corrected chi connectivity index (χ2v) is 8.09. The minimum atomic E-state index is -0.879. The molecular formula is C28H27NO5. The van der Waals surface area contributed by atoms with E-state index in [0.717, 1.165) is 28.1 Å². The van der Waals surface area contributed by atoms with Gasteiger partial charge in [0.1, 0.15) is 23.9 Å². The first-order valence-electron chi connectivity index (χ1n) is 11.2. The molecule has 0 aliphatic carbocycles. The van der Waals surface area contributed by atoms with E-state index in [9.17, 15) is 4.79 Å². The molecule has 0 spiro atoms. The van der Waals surface area contributed by atoms with E-state index in [0.29, 0.717) is 30.4 Å². The van der Waals surface area contributed by atoms with E-state index in [2.05, 4.69) is 24.3 Å². The molecule has 1 N–H and O–H groups in total. The minimum Gasteiger partial charge on any atom is -0.493 e. The highest BCUT2D eigenvalue weighted by Gasteiger charge is 2.13. The number of aliphatic carboxylic acids is 1. The summed E-state index contributed by atoms with van der Waals surface area (Å²) in [6, 6.07) is 25.5. The fourth-order valence-corrected chi connectivity index (χ4v) is 3.44. The van der Waals surface area contributed by atoms with E-state index >= 15 is 0 Å². The topological polar surface area (TPSA) is 81.8 Å². The molecule has 3 aromatic carbocycles. The second-order valence-electron chi connectivity index (χ2n) is 8.09. The first-order valence-corrected chi connectivity index (χ1v) is 11.2. The molecule has 0 aliphatic heterocycles. The zero-order valence-corrected chi connectivity index (χ0v) is 19.2. The fourth-order valence-electron chi connectivity index (χ4n) is 3.44. The van der Waals surface area contributed by atoms with Gasteiger partial charge in [-0.25, -0.2) is 4.98 Å². The Morgan fingerprint density at radius 1 is 0.912 bits per heavy atom. The molecule has 0 saturated carbocycles. The Balaban J connectivity index is 1.34. The Morgan fingerprint density at radius 3 is 2.26 bits per heavy atom. The van der Waals surface area contributed by atoms with E-state index in [1.807, 2.05) is 37.3 Å². The lowest BCUT2D eigenvalue weighted by molar-refractivity contribution is -0.142. The van der Waals surface area contributed by atoms with Crippen LogP contribution in [0.5, 0.6) is 11.5 Å². The molecule has 4 rings (SSSR count). The monoisotopic (exact) mass is 457 g/mol. The van der Waals surface area contributed by atoms with Gasteiger partial charge < -0.3 is 19.0 Å². The average Bonchev–Trinajstić information content (AvgIpc) is 3.24. The van der Waals surface area contributed by atoms with Crippen LogP contribution in [0.25, 0.3) is 22.6 Å². The third kappa shape index (κ3) is 5.84. The highest BCUT2D eigenvalue weighted by molar-refractivity contribution is 5.70. The number of carboxylic acids is 1. The van der Waals surface area contributed by atoms with Crippen molar-refractivity contribution in [2.24, 2.45) is 5.92 Å². The highest BCUT2D eigenvalue weighted by Crippen LogP contribution is 2.27. The SMILES string of the molecule is Cc1oc(-c2cccc(-c3ccccc3)c2)nc1CCOc1ccc(OCC(C)C(=O)O)cc1. The molecular weight excluding hydrogens is 430 g/mol. The summed E-state index contributed by atoms with van der Waals surface area (Å²) < 4.78 is 17.3. The number of aromatic nitrogens is 1. The third-order valence-corrected chi connectivity index (χ3v) is 5.46. The van der Waals surface area contributed by atoms with Crippen LogP contribution in [0.15, 0.2) is 83.3 Å². The van der Waals surface area contributed by atoms with Gasteiger partial charge in [0.2, 0.25) is 5.89 Å². The largest absolute Gasteiger partial charge is 0.493 e. The number of aryl methyl sites for hydroxylation is 1. The number of ether oxygens (including phenoxy) is 2. The first kappa shape index (κ1) is 23.1. The van der Waals surface area contributed by atoms with Gasteiger partial charge in [0.05, 0.1) is 18.2 Å².